The van der Waals surface area contributed by atoms with Crippen LogP contribution in [0.1, 0.15) is 30.8 Å². The lowest BCUT2D eigenvalue weighted by molar-refractivity contribution is 0.0979. The molecule has 64 valence electrons. The number of aryl methyl sites for hydroxylation is 1. The summed E-state index contributed by atoms with van der Waals surface area (Å²) in [5.41, 5.74) is 1.74. The molecule has 0 bridgehead atoms. The Balaban J connectivity index is 2.42. The van der Waals surface area contributed by atoms with Crippen LogP contribution in [0.4, 0.5) is 0 Å². The summed E-state index contributed by atoms with van der Waals surface area (Å²) in [5.74, 6) is 0.314. The zero-order valence-electron chi connectivity index (χ0n) is 7.07. The zero-order chi connectivity index (χ0) is 8.55. The maximum Gasteiger partial charge on any atom is 0.100 e. The number of hydrogen-bond acceptors (Lipinski definition) is 3. The number of hydrogen-bond donors (Lipinski definition) is 1. The highest BCUT2D eigenvalue weighted by Crippen LogP contribution is 2.30. The van der Waals surface area contributed by atoms with Crippen LogP contribution in [-0.2, 0) is 6.42 Å². The lowest BCUT2D eigenvalue weighted by Gasteiger charge is -2.24. The van der Waals surface area contributed by atoms with Crippen LogP contribution in [0.5, 0.6) is 0 Å². The average Bonchev–Trinajstić information content (AvgIpc) is 2.12. The molecule has 0 spiro atoms. The van der Waals surface area contributed by atoms with Gasteiger partial charge in [0.1, 0.15) is 6.10 Å². The molecule has 0 amide bonds. The van der Waals surface area contributed by atoms with Gasteiger partial charge in [-0.25, -0.2) is 0 Å². The number of aliphatic hydroxyl groups is 1. The molecule has 0 saturated carbocycles. The normalized spacial score (nSPS) is 28.2. The fraction of sp³-hybridized carbons (Fsp3) is 0.556. The average molecular weight is 164 g/mol. The predicted octanol–water partition coefficient (Wildman–Crippen LogP) is 1.09. The molecule has 1 aromatic rings. The van der Waals surface area contributed by atoms with Gasteiger partial charge in [0.2, 0.25) is 0 Å². The first-order valence-corrected chi connectivity index (χ1v) is 4.27. The van der Waals surface area contributed by atoms with Gasteiger partial charge < -0.3 is 5.11 Å². The first-order valence-electron chi connectivity index (χ1n) is 4.27. The molecule has 0 aromatic carbocycles. The first kappa shape index (κ1) is 7.68. The van der Waals surface area contributed by atoms with E-state index >= 15 is 0 Å². The summed E-state index contributed by atoms with van der Waals surface area (Å²) in [6.45, 7) is 2.04. The summed E-state index contributed by atoms with van der Waals surface area (Å²) in [6, 6.07) is 0. The minimum atomic E-state index is -0.414. The molecule has 1 N–H and O–H groups in total. The Hall–Kier alpha value is -0.960. The Bertz CT molecular complexity index is 288. The predicted molar refractivity (Wildman–Crippen MR) is 44.5 cm³/mol. The van der Waals surface area contributed by atoms with E-state index in [0.717, 1.165) is 24.2 Å². The summed E-state index contributed by atoms with van der Waals surface area (Å²) < 4.78 is 0. The van der Waals surface area contributed by atoms with Crippen molar-refractivity contribution in [2.24, 2.45) is 5.92 Å². The van der Waals surface area contributed by atoms with Crippen molar-refractivity contribution >= 4 is 0 Å². The molecule has 2 atom stereocenters. The second kappa shape index (κ2) is 2.83. The third-order valence-electron chi connectivity index (χ3n) is 2.46. The molecule has 0 radical (unpaired) electrons. The van der Waals surface area contributed by atoms with Crippen LogP contribution >= 0.6 is 0 Å². The monoisotopic (exact) mass is 164 g/mol. The molecule has 3 nitrogen and oxygen atoms in total. The van der Waals surface area contributed by atoms with E-state index in [0.29, 0.717) is 5.92 Å². The van der Waals surface area contributed by atoms with Gasteiger partial charge in [0.25, 0.3) is 0 Å². The van der Waals surface area contributed by atoms with Gasteiger partial charge in [-0.2, -0.15) is 0 Å². The minimum Gasteiger partial charge on any atom is -0.386 e. The highest BCUT2D eigenvalue weighted by Gasteiger charge is 2.26. The third-order valence-corrected chi connectivity index (χ3v) is 2.46. The van der Waals surface area contributed by atoms with Crippen molar-refractivity contribution in [3.63, 3.8) is 0 Å². The number of aromatic nitrogens is 2. The number of fused-ring (bicyclic) bond motifs is 1. The Morgan fingerprint density at radius 3 is 3.00 bits per heavy atom. The second-order valence-electron chi connectivity index (χ2n) is 3.35. The summed E-state index contributed by atoms with van der Waals surface area (Å²) in [6.07, 6.45) is 4.86. The van der Waals surface area contributed by atoms with Crippen LogP contribution in [0.15, 0.2) is 12.4 Å². The molecule has 12 heavy (non-hydrogen) atoms. The van der Waals surface area contributed by atoms with Gasteiger partial charge in [-0.05, 0) is 18.8 Å². The molecular formula is C9H12N2O. The van der Waals surface area contributed by atoms with E-state index in [1.807, 2.05) is 6.92 Å². The molecule has 2 rings (SSSR count). The Labute approximate surface area is 71.5 Å². The SMILES string of the molecule is CC1CCc2nccnc2C1O. The highest BCUT2D eigenvalue weighted by molar-refractivity contribution is 5.17. The molecule has 1 aliphatic rings. The largest absolute Gasteiger partial charge is 0.386 e. The van der Waals surface area contributed by atoms with Crippen molar-refractivity contribution in [2.75, 3.05) is 0 Å². The van der Waals surface area contributed by atoms with Crippen molar-refractivity contribution in [3.8, 4) is 0 Å². The van der Waals surface area contributed by atoms with E-state index < -0.39 is 6.10 Å². The first-order chi connectivity index (χ1) is 5.79. The molecule has 1 aliphatic carbocycles. The zero-order valence-corrected chi connectivity index (χ0v) is 7.07. The van der Waals surface area contributed by atoms with Crippen LogP contribution in [0.2, 0.25) is 0 Å². The van der Waals surface area contributed by atoms with Crippen molar-refractivity contribution in [3.05, 3.63) is 23.8 Å². The summed E-state index contributed by atoms with van der Waals surface area (Å²) in [4.78, 5) is 8.32. The quantitative estimate of drug-likeness (QED) is 0.624. The summed E-state index contributed by atoms with van der Waals surface area (Å²) in [5, 5.41) is 9.73. The maximum absolute atomic E-state index is 9.73. The van der Waals surface area contributed by atoms with Crippen molar-refractivity contribution in [1.29, 1.82) is 0 Å². The third kappa shape index (κ3) is 1.10. The van der Waals surface area contributed by atoms with Crippen LogP contribution < -0.4 is 0 Å². The van der Waals surface area contributed by atoms with Crippen molar-refractivity contribution in [1.82, 2.24) is 9.97 Å². The molecule has 2 unspecified atom stereocenters. The van der Waals surface area contributed by atoms with E-state index in [2.05, 4.69) is 9.97 Å². The fourth-order valence-electron chi connectivity index (χ4n) is 1.61. The molecule has 0 aliphatic heterocycles. The minimum absolute atomic E-state index is 0.314. The molecule has 3 heteroatoms. The Morgan fingerprint density at radius 1 is 1.42 bits per heavy atom. The van der Waals surface area contributed by atoms with Crippen LogP contribution in [0, 0.1) is 5.92 Å². The van der Waals surface area contributed by atoms with Crippen molar-refractivity contribution in [2.45, 2.75) is 25.9 Å². The molecule has 1 heterocycles. The molecule has 0 saturated heterocycles. The lowest BCUT2D eigenvalue weighted by Crippen LogP contribution is -2.20. The lowest BCUT2D eigenvalue weighted by atomic mass is 9.88. The van der Waals surface area contributed by atoms with Gasteiger partial charge >= 0.3 is 0 Å². The van der Waals surface area contributed by atoms with E-state index in [1.54, 1.807) is 12.4 Å². The standard InChI is InChI=1S/C9H12N2O/c1-6-2-3-7-8(9(6)12)11-5-4-10-7/h4-6,9,12H,2-3H2,1H3. The van der Waals surface area contributed by atoms with Crippen molar-refractivity contribution < 1.29 is 5.11 Å². The Morgan fingerprint density at radius 2 is 2.17 bits per heavy atom. The maximum atomic E-state index is 9.73. The van der Waals surface area contributed by atoms with Gasteiger partial charge in [0, 0.05) is 12.4 Å². The smallest absolute Gasteiger partial charge is 0.100 e. The highest BCUT2D eigenvalue weighted by atomic mass is 16.3. The van der Waals surface area contributed by atoms with Gasteiger partial charge in [-0.15, -0.1) is 0 Å². The molecular weight excluding hydrogens is 152 g/mol. The summed E-state index contributed by atoms with van der Waals surface area (Å²) in [7, 11) is 0. The Kier molecular flexibility index (Phi) is 1.81. The van der Waals surface area contributed by atoms with E-state index in [9.17, 15) is 5.11 Å². The van der Waals surface area contributed by atoms with Gasteiger partial charge in [0.15, 0.2) is 0 Å². The van der Waals surface area contributed by atoms with Gasteiger partial charge in [0.05, 0.1) is 11.4 Å². The molecule has 1 aromatic heterocycles. The second-order valence-corrected chi connectivity index (χ2v) is 3.35. The summed E-state index contributed by atoms with van der Waals surface area (Å²) >= 11 is 0. The van der Waals surface area contributed by atoms with E-state index in [1.165, 1.54) is 0 Å². The van der Waals surface area contributed by atoms with Gasteiger partial charge in [-0.1, -0.05) is 6.92 Å². The van der Waals surface area contributed by atoms with Gasteiger partial charge in [-0.3, -0.25) is 9.97 Å². The van der Waals surface area contributed by atoms with Crippen LogP contribution in [0.3, 0.4) is 0 Å². The van der Waals surface area contributed by atoms with E-state index in [4.69, 9.17) is 0 Å². The van der Waals surface area contributed by atoms with Crippen LogP contribution in [-0.4, -0.2) is 15.1 Å². The van der Waals surface area contributed by atoms with Crippen LogP contribution in [0.25, 0.3) is 0 Å². The number of rotatable bonds is 0. The topological polar surface area (TPSA) is 46.0 Å². The number of aliphatic hydroxyl groups excluding tert-OH is 1. The van der Waals surface area contributed by atoms with E-state index in [-0.39, 0.29) is 0 Å². The number of nitrogens with zero attached hydrogens (tertiary/aromatic N) is 2. The molecule has 0 fully saturated rings. The fourth-order valence-corrected chi connectivity index (χ4v) is 1.61.